The van der Waals surface area contributed by atoms with Crippen molar-refractivity contribution in [3.05, 3.63) is 84.9 Å². The lowest BCUT2D eigenvalue weighted by Crippen LogP contribution is -1.83. The molecule has 0 saturated heterocycles. The molecule has 0 fully saturated rings. The summed E-state index contributed by atoms with van der Waals surface area (Å²) in [5.41, 5.74) is 2.61. The van der Waals surface area contributed by atoms with E-state index in [1.54, 1.807) is 0 Å². The van der Waals surface area contributed by atoms with Crippen LogP contribution in [0.25, 0.3) is 32.7 Å². The van der Waals surface area contributed by atoms with Gasteiger partial charge in [-0.3, -0.25) is 0 Å². The molecular weight excluding hydrogens is 276 g/mol. The molecule has 114 valence electrons. The van der Waals surface area contributed by atoms with E-state index < -0.39 is 0 Å². The van der Waals surface area contributed by atoms with Crippen LogP contribution in [0.15, 0.2) is 84.9 Å². The Bertz CT molecular complexity index is 831. The van der Waals surface area contributed by atoms with Crippen LogP contribution in [0.1, 0.15) is 20.3 Å². The van der Waals surface area contributed by atoms with Gasteiger partial charge in [0.1, 0.15) is 0 Å². The van der Waals surface area contributed by atoms with Crippen LogP contribution in [-0.4, -0.2) is 0 Å². The van der Waals surface area contributed by atoms with Crippen molar-refractivity contribution in [2.45, 2.75) is 20.3 Å². The molecule has 4 aromatic rings. The molecule has 0 nitrogen and oxygen atoms in total. The van der Waals surface area contributed by atoms with E-state index >= 15 is 0 Å². The lowest BCUT2D eigenvalue weighted by molar-refractivity contribution is 1.09. The molecule has 0 amide bonds. The molecular formula is C23H22. The van der Waals surface area contributed by atoms with Crippen molar-refractivity contribution in [1.29, 1.82) is 0 Å². The van der Waals surface area contributed by atoms with E-state index in [-0.39, 0.29) is 0 Å². The first kappa shape index (κ1) is 15.3. The summed E-state index contributed by atoms with van der Waals surface area (Å²) in [6.45, 7) is 4.25. The highest BCUT2D eigenvalue weighted by atomic mass is 14.1. The standard InChI is InChI=1S/C20H14.C3H8/c1-3-11-17-15(7-1)9-5-13-19(17)20-14-6-10-16-8-2-4-12-18(16)20;1-3-2/h1-14H;3H2,1-2H3. The molecule has 4 rings (SSSR count). The smallest absolute Gasteiger partial charge is 0.00992 e. The average molecular weight is 298 g/mol. The van der Waals surface area contributed by atoms with Crippen molar-refractivity contribution >= 4 is 21.5 Å². The van der Waals surface area contributed by atoms with Gasteiger partial charge in [-0.25, -0.2) is 0 Å². The second-order valence-electron chi connectivity index (χ2n) is 5.76. The Hall–Kier alpha value is -2.60. The normalized spacial score (nSPS) is 10.3. The van der Waals surface area contributed by atoms with Gasteiger partial charge in [0.2, 0.25) is 0 Å². The Labute approximate surface area is 138 Å². The number of fused-ring (bicyclic) bond motifs is 2. The highest BCUT2D eigenvalue weighted by molar-refractivity contribution is 6.05. The predicted molar refractivity (Wildman–Crippen MR) is 103 cm³/mol. The summed E-state index contributed by atoms with van der Waals surface area (Å²) in [6.07, 6.45) is 1.25. The maximum atomic E-state index is 2.21. The third kappa shape index (κ3) is 3.12. The minimum atomic E-state index is 1.25. The Morgan fingerprint density at radius 3 is 1.26 bits per heavy atom. The van der Waals surface area contributed by atoms with Crippen LogP contribution in [-0.2, 0) is 0 Å². The maximum Gasteiger partial charge on any atom is -0.00992 e. The number of hydrogen-bond acceptors (Lipinski definition) is 0. The van der Waals surface area contributed by atoms with E-state index in [4.69, 9.17) is 0 Å². The van der Waals surface area contributed by atoms with Gasteiger partial charge >= 0.3 is 0 Å². The summed E-state index contributed by atoms with van der Waals surface area (Å²) in [6, 6.07) is 30.2. The van der Waals surface area contributed by atoms with Gasteiger partial charge in [0.15, 0.2) is 0 Å². The van der Waals surface area contributed by atoms with Crippen LogP contribution in [0.5, 0.6) is 0 Å². The first-order valence-electron chi connectivity index (χ1n) is 8.31. The van der Waals surface area contributed by atoms with E-state index in [0.29, 0.717) is 0 Å². The molecule has 0 saturated carbocycles. The summed E-state index contributed by atoms with van der Waals surface area (Å²) >= 11 is 0. The Morgan fingerprint density at radius 2 is 0.826 bits per heavy atom. The molecule has 0 aromatic heterocycles. The molecule has 0 aliphatic carbocycles. The minimum Gasteiger partial charge on any atom is -0.0656 e. The van der Waals surface area contributed by atoms with E-state index in [9.17, 15) is 0 Å². The number of hydrogen-bond donors (Lipinski definition) is 0. The van der Waals surface area contributed by atoms with E-state index in [1.165, 1.54) is 39.1 Å². The van der Waals surface area contributed by atoms with Crippen molar-refractivity contribution in [3.63, 3.8) is 0 Å². The summed E-state index contributed by atoms with van der Waals surface area (Å²) in [4.78, 5) is 0. The van der Waals surface area contributed by atoms with Gasteiger partial charge in [-0.15, -0.1) is 0 Å². The first-order valence-corrected chi connectivity index (χ1v) is 8.31. The Morgan fingerprint density at radius 1 is 0.478 bits per heavy atom. The molecule has 0 aliphatic heterocycles. The molecule has 0 heteroatoms. The van der Waals surface area contributed by atoms with Crippen LogP contribution < -0.4 is 0 Å². The zero-order valence-electron chi connectivity index (χ0n) is 13.8. The summed E-state index contributed by atoms with van der Waals surface area (Å²) in [5.74, 6) is 0. The summed E-state index contributed by atoms with van der Waals surface area (Å²) in [7, 11) is 0. The van der Waals surface area contributed by atoms with Crippen molar-refractivity contribution < 1.29 is 0 Å². The van der Waals surface area contributed by atoms with Crippen molar-refractivity contribution in [2.75, 3.05) is 0 Å². The molecule has 0 N–H and O–H groups in total. The van der Waals surface area contributed by atoms with E-state index in [1.807, 2.05) is 0 Å². The van der Waals surface area contributed by atoms with Crippen molar-refractivity contribution in [1.82, 2.24) is 0 Å². The molecule has 0 atom stereocenters. The van der Waals surface area contributed by atoms with Crippen LogP contribution in [0.3, 0.4) is 0 Å². The topological polar surface area (TPSA) is 0 Å². The van der Waals surface area contributed by atoms with Gasteiger partial charge in [0.05, 0.1) is 0 Å². The third-order valence-electron chi connectivity index (χ3n) is 3.87. The summed E-state index contributed by atoms with van der Waals surface area (Å²) in [5, 5.41) is 5.20. The molecule has 0 unspecified atom stereocenters. The number of benzene rings is 4. The van der Waals surface area contributed by atoms with E-state index in [2.05, 4.69) is 98.8 Å². The lowest BCUT2D eigenvalue weighted by Gasteiger charge is -2.10. The zero-order chi connectivity index (χ0) is 16.1. The van der Waals surface area contributed by atoms with E-state index in [0.717, 1.165) is 0 Å². The second-order valence-corrected chi connectivity index (χ2v) is 5.76. The molecule has 23 heavy (non-hydrogen) atoms. The fourth-order valence-corrected chi connectivity index (χ4v) is 2.92. The molecule has 0 bridgehead atoms. The minimum absolute atomic E-state index is 1.25. The van der Waals surface area contributed by atoms with Gasteiger partial charge in [0, 0.05) is 0 Å². The first-order chi connectivity index (χ1) is 11.3. The fourth-order valence-electron chi connectivity index (χ4n) is 2.92. The molecule has 0 spiro atoms. The second kappa shape index (κ2) is 7.11. The van der Waals surface area contributed by atoms with Crippen molar-refractivity contribution in [2.24, 2.45) is 0 Å². The predicted octanol–water partition coefficient (Wildman–Crippen LogP) is 7.08. The number of rotatable bonds is 1. The fraction of sp³-hybridized carbons (Fsp3) is 0.130. The van der Waals surface area contributed by atoms with Gasteiger partial charge < -0.3 is 0 Å². The monoisotopic (exact) mass is 298 g/mol. The van der Waals surface area contributed by atoms with Crippen LogP contribution in [0.2, 0.25) is 0 Å². The Kier molecular flexibility index (Phi) is 4.73. The highest BCUT2D eigenvalue weighted by Crippen LogP contribution is 2.33. The van der Waals surface area contributed by atoms with Crippen molar-refractivity contribution in [3.8, 4) is 11.1 Å². The van der Waals surface area contributed by atoms with Gasteiger partial charge in [-0.1, -0.05) is 105 Å². The zero-order valence-corrected chi connectivity index (χ0v) is 13.8. The molecule has 0 radical (unpaired) electrons. The maximum absolute atomic E-state index is 2.21. The highest BCUT2D eigenvalue weighted by Gasteiger charge is 2.06. The van der Waals surface area contributed by atoms with Crippen LogP contribution in [0.4, 0.5) is 0 Å². The SMILES string of the molecule is CCC.c1ccc2c(-c3cccc4ccccc34)cccc2c1. The molecule has 0 aliphatic rings. The Balaban J connectivity index is 0.000000485. The van der Waals surface area contributed by atoms with Gasteiger partial charge in [-0.2, -0.15) is 0 Å². The summed E-state index contributed by atoms with van der Waals surface area (Å²) < 4.78 is 0. The van der Waals surface area contributed by atoms with Gasteiger partial charge in [0.25, 0.3) is 0 Å². The third-order valence-corrected chi connectivity index (χ3v) is 3.87. The molecule has 4 aromatic carbocycles. The van der Waals surface area contributed by atoms with Crippen LogP contribution in [0, 0.1) is 0 Å². The largest absolute Gasteiger partial charge is 0.0656 e. The quantitative estimate of drug-likeness (QED) is 0.352. The van der Waals surface area contributed by atoms with Gasteiger partial charge in [-0.05, 0) is 32.7 Å². The molecule has 0 heterocycles. The average Bonchev–Trinajstić information content (AvgIpc) is 2.61. The lowest BCUT2D eigenvalue weighted by atomic mass is 9.94. The van der Waals surface area contributed by atoms with Crippen LogP contribution >= 0.6 is 0 Å².